The van der Waals surface area contributed by atoms with E-state index in [4.69, 9.17) is 21.9 Å². The summed E-state index contributed by atoms with van der Waals surface area (Å²) in [5, 5.41) is 3.84. The highest BCUT2D eigenvalue weighted by atomic mass is 32.1. The van der Waals surface area contributed by atoms with Crippen LogP contribution in [0, 0.1) is 13.8 Å². The number of aromatic amines is 1. The average Bonchev–Trinajstić information content (AvgIpc) is 3.16. The van der Waals surface area contributed by atoms with Gasteiger partial charge in [0, 0.05) is 19.0 Å². The maximum atomic E-state index is 12.0. The van der Waals surface area contributed by atoms with Crippen LogP contribution in [0.3, 0.4) is 0 Å². The number of para-hydroxylation sites is 1. The van der Waals surface area contributed by atoms with Crippen molar-refractivity contribution in [2.45, 2.75) is 32.6 Å². The number of thiocarbonyl (C=S) groups is 1. The van der Waals surface area contributed by atoms with Crippen LogP contribution in [-0.4, -0.2) is 46.1 Å². The standard InChI is InChI=1S/C23H26N4O2S/c1-14-12-19-20(13-15(14)2)25-21(24-19)16-8-10-27(11-9-16)23(30)26-18-7-5-4-6-17(18)22(28)29-3/h4-7,12-13,16H,8-11H2,1-3H3,(H,24,25)(H,26,30). The van der Waals surface area contributed by atoms with Crippen molar-refractivity contribution in [1.82, 2.24) is 14.9 Å². The molecular formula is C23H26N4O2S. The SMILES string of the molecule is COC(=O)c1ccccc1NC(=S)N1CCC(c2nc3cc(C)c(C)cc3[nH]2)CC1. The number of hydrogen-bond acceptors (Lipinski definition) is 4. The molecular weight excluding hydrogens is 396 g/mol. The van der Waals surface area contributed by atoms with Crippen molar-refractivity contribution in [3.05, 3.63) is 58.9 Å². The van der Waals surface area contributed by atoms with Crippen molar-refractivity contribution in [3.63, 3.8) is 0 Å². The van der Waals surface area contributed by atoms with Crippen molar-refractivity contribution < 1.29 is 9.53 Å². The Morgan fingerprint density at radius 1 is 1.20 bits per heavy atom. The van der Waals surface area contributed by atoms with E-state index < -0.39 is 0 Å². The van der Waals surface area contributed by atoms with E-state index in [9.17, 15) is 4.79 Å². The molecule has 1 saturated heterocycles. The molecule has 0 amide bonds. The molecule has 2 N–H and O–H groups in total. The fraction of sp³-hybridized carbons (Fsp3) is 0.348. The molecule has 0 saturated carbocycles. The van der Waals surface area contributed by atoms with E-state index in [1.807, 2.05) is 18.2 Å². The zero-order valence-corrected chi connectivity index (χ0v) is 18.3. The lowest BCUT2D eigenvalue weighted by molar-refractivity contribution is 0.0602. The molecule has 7 heteroatoms. The first-order valence-electron chi connectivity index (χ1n) is 10.2. The molecule has 2 aromatic carbocycles. The second kappa shape index (κ2) is 8.44. The third kappa shape index (κ3) is 4.03. The largest absolute Gasteiger partial charge is 0.465 e. The van der Waals surface area contributed by atoms with Gasteiger partial charge in [-0.2, -0.15) is 0 Å². The number of nitrogens with one attached hydrogen (secondary N) is 2. The van der Waals surface area contributed by atoms with Crippen LogP contribution >= 0.6 is 12.2 Å². The highest BCUT2D eigenvalue weighted by Crippen LogP contribution is 2.29. The summed E-state index contributed by atoms with van der Waals surface area (Å²) in [6.07, 6.45) is 1.94. The molecule has 30 heavy (non-hydrogen) atoms. The number of carbonyl (C=O) groups excluding carboxylic acids is 1. The summed E-state index contributed by atoms with van der Waals surface area (Å²) in [7, 11) is 1.38. The van der Waals surface area contributed by atoms with E-state index >= 15 is 0 Å². The molecule has 0 aliphatic carbocycles. The molecule has 4 rings (SSSR count). The van der Waals surface area contributed by atoms with Gasteiger partial charge in [0.05, 0.1) is 29.4 Å². The molecule has 0 bridgehead atoms. The molecule has 0 radical (unpaired) electrons. The molecule has 0 spiro atoms. The Hall–Kier alpha value is -2.93. The smallest absolute Gasteiger partial charge is 0.339 e. The Balaban J connectivity index is 1.41. The van der Waals surface area contributed by atoms with Gasteiger partial charge in [0.25, 0.3) is 0 Å². The summed E-state index contributed by atoms with van der Waals surface area (Å²) in [6, 6.07) is 11.6. The fourth-order valence-corrected chi connectivity index (χ4v) is 4.21. The first-order chi connectivity index (χ1) is 14.5. The van der Waals surface area contributed by atoms with E-state index in [0.717, 1.165) is 42.8 Å². The molecule has 156 valence electrons. The molecule has 0 atom stereocenters. The average molecular weight is 423 g/mol. The van der Waals surface area contributed by atoms with Crippen LogP contribution in [0.4, 0.5) is 5.69 Å². The third-order valence-corrected chi connectivity index (χ3v) is 6.22. The van der Waals surface area contributed by atoms with Crippen LogP contribution < -0.4 is 5.32 Å². The number of likely N-dealkylation sites (tertiary alicyclic amines) is 1. The Bertz CT molecular complexity index is 1060. The third-order valence-electron chi connectivity index (χ3n) is 5.86. The summed E-state index contributed by atoms with van der Waals surface area (Å²) >= 11 is 5.61. The van der Waals surface area contributed by atoms with E-state index in [1.54, 1.807) is 6.07 Å². The predicted octanol–water partition coefficient (Wildman–Crippen LogP) is 4.54. The number of H-pyrrole nitrogens is 1. The summed E-state index contributed by atoms with van der Waals surface area (Å²) in [4.78, 5) is 22.5. The lowest BCUT2D eigenvalue weighted by Crippen LogP contribution is -2.40. The van der Waals surface area contributed by atoms with Crippen LogP contribution in [0.2, 0.25) is 0 Å². The summed E-state index contributed by atoms with van der Waals surface area (Å²) in [5.41, 5.74) is 5.82. The van der Waals surface area contributed by atoms with Gasteiger partial charge in [-0.1, -0.05) is 12.1 Å². The minimum atomic E-state index is -0.380. The summed E-state index contributed by atoms with van der Waals surface area (Å²) in [6.45, 7) is 5.92. The number of methoxy groups -OCH3 is 1. The van der Waals surface area contributed by atoms with Gasteiger partial charge < -0.3 is 19.9 Å². The van der Waals surface area contributed by atoms with Crippen LogP contribution in [0.25, 0.3) is 11.0 Å². The van der Waals surface area contributed by atoms with Crippen LogP contribution in [0.15, 0.2) is 36.4 Å². The lowest BCUT2D eigenvalue weighted by atomic mass is 9.96. The zero-order chi connectivity index (χ0) is 21.3. The number of esters is 1. The first-order valence-corrected chi connectivity index (χ1v) is 10.6. The van der Waals surface area contributed by atoms with Crippen molar-refractivity contribution in [2.75, 3.05) is 25.5 Å². The fourth-order valence-electron chi connectivity index (χ4n) is 3.91. The number of anilines is 1. The maximum absolute atomic E-state index is 12.0. The summed E-state index contributed by atoms with van der Waals surface area (Å²) in [5.74, 6) is 1.07. The van der Waals surface area contributed by atoms with Crippen molar-refractivity contribution in [3.8, 4) is 0 Å². The van der Waals surface area contributed by atoms with Gasteiger partial charge in [-0.25, -0.2) is 9.78 Å². The zero-order valence-electron chi connectivity index (χ0n) is 17.5. The molecule has 6 nitrogen and oxygen atoms in total. The van der Waals surface area contributed by atoms with Gasteiger partial charge >= 0.3 is 5.97 Å². The second-order valence-corrected chi connectivity index (χ2v) is 8.19. The number of rotatable bonds is 3. The highest BCUT2D eigenvalue weighted by Gasteiger charge is 2.25. The molecule has 3 aromatic rings. The number of aryl methyl sites for hydroxylation is 2. The molecule has 1 aliphatic rings. The number of hydrogen-bond donors (Lipinski definition) is 2. The number of fused-ring (bicyclic) bond motifs is 1. The van der Waals surface area contributed by atoms with Crippen LogP contribution in [0.5, 0.6) is 0 Å². The molecule has 1 aromatic heterocycles. The van der Waals surface area contributed by atoms with Crippen molar-refractivity contribution in [2.24, 2.45) is 0 Å². The summed E-state index contributed by atoms with van der Waals surface area (Å²) < 4.78 is 4.86. The monoisotopic (exact) mass is 422 g/mol. The van der Waals surface area contributed by atoms with Gasteiger partial charge in [0.2, 0.25) is 0 Å². The van der Waals surface area contributed by atoms with E-state index in [0.29, 0.717) is 22.3 Å². The van der Waals surface area contributed by atoms with E-state index in [1.165, 1.54) is 18.2 Å². The maximum Gasteiger partial charge on any atom is 0.339 e. The molecule has 1 aliphatic heterocycles. The Morgan fingerprint density at radius 3 is 2.63 bits per heavy atom. The molecule has 1 fully saturated rings. The van der Waals surface area contributed by atoms with Gasteiger partial charge in [-0.05, 0) is 74.3 Å². The Labute approximate surface area is 181 Å². The second-order valence-electron chi connectivity index (χ2n) is 7.80. The molecule has 2 heterocycles. The minimum absolute atomic E-state index is 0.380. The number of carbonyl (C=O) groups is 1. The highest BCUT2D eigenvalue weighted by molar-refractivity contribution is 7.80. The number of piperidine rings is 1. The number of benzene rings is 2. The minimum Gasteiger partial charge on any atom is -0.465 e. The number of nitrogens with zero attached hydrogens (tertiary/aromatic N) is 2. The predicted molar refractivity (Wildman–Crippen MR) is 123 cm³/mol. The van der Waals surface area contributed by atoms with Gasteiger partial charge in [-0.3, -0.25) is 0 Å². The Morgan fingerprint density at radius 2 is 1.90 bits per heavy atom. The van der Waals surface area contributed by atoms with Gasteiger partial charge in [0.1, 0.15) is 5.82 Å². The Kier molecular flexibility index (Phi) is 5.72. The topological polar surface area (TPSA) is 70.2 Å². The van der Waals surface area contributed by atoms with Crippen LogP contribution in [-0.2, 0) is 4.74 Å². The number of ether oxygens (including phenoxy) is 1. The van der Waals surface area contributed by atoms with Crippen molar-refractivity contribution >= 4 is 40.0 Å². The van der Waals surface area contributed by atoms with E-state index in [-0.39, 0.29) is 5.97 Å². The van der Waals surface area contributed by atoms with Gasteiger partial charge in [0.15, 0.2) is 5.11 Å². The van der Waals surface area contributed by atoms with Crippen molar-refractivity contribution in [1.29, 1.82) is 0 Å². The lowest BCUT2D eigenvalue weighted by Gasteiger charge is -2.33. The van der Waals surface area contributed by atoms with Gasteiger partial charge in [-0.15, -0.1) is 0 Å². The normalized spacial score (nSPS) is 14.7. The number of imidazole rings is 1. The van der Waals surface area contributed by atoms with Crippen LogP contribution in [0.1, 0.15) is 46.1 Å². The number of aromatic nitrogens is 2. The first kappa shape index (κ1) is 20.3. The quantitative estimate of drug-likeness (QED) is 0.477. The molecule has 0 unspecified atom stereocenters. The van der Waals surface area contributed by atoms with E-state index in [2.05, 4.69) is 41.2 Å².